The zero-order valence-electron chi connectivity index (χ0n) is 15.0. The first-order chi connectivity index (χ1) is 13.1. The first-order valence-corrected chi connectivity index (χ1v) is 9.26. The molecule has 2 heterocycles. The fraction of sp³-hybridized carbons (Fsp3) is 0.333. The van der Waals surface area contributed by atoms with Crippen LogP contribution in [0.5, 0.6) is 0 Å². The molecule has 2 aliphatic rings. The normalized spacial score (nSPS) is 24.6. The van der Waals surface area contributed by atoms with Gasteiger partial charge in [0.25, 0.3) is 5.91 Å². The van der Waals surface area contributed by atoms with E-state index >= 15 is 0 Å². The van der Waals surface area contributed by atoms with Gasteiger partial charge < -0.3 is 0 Å². The molecule has 0 radical (unpaired) electrons. The van der Waals surface area contributed by atoms with E-state index in [-0.39, 0.29) is 11.9 Å². The summed E-state index contributed by atoms with van der Waals surface area (Å²) in [6.45, 7) is 2.09. The molecule has 27 heavy (non-hydrogen) atoms. The Bertz CT molecular complexity index is 840. The van der Waals surface area contributed by atoms with E-state index in [1.165, 1.54) is 24.3 Å². The second kappa shape index (κ2) is 7.12. The van der Waals surface area contributed by atoms with Gasteiger partial charge in [-0.1, -0.05) is 38.0 Å². The molecule has 140 valence electrons. The third-order valence-electron chi connectivity index (χ3n) is 5.19. The van der Waals surface area contributed by atoms with E-state index in [2.05, 4.69) is 6.92 Å². The summed E-state index contributed by atoms with van der Waals surface area (Å²) in [6, 6.07) is 14.7. The first-order valence-electron chi connectivity index (χ1n) is 9.26. The van der Waals surface area contributed by atoms with E-state index in [1.54, 1.807) is 5.06 Å². The van der Waals surface area contributed by atoms with E-state index in [9.17, 15) is 14.0 Å². The van der Waals surface area contributed by atoms with Gasteiger partial charge in [-0.25, -0.2) is 14.4 Å². The number of rotatable bonds is 5. The molecule has 2 fully saturated rings. The van der Waals surface area contributed by atoms with Gasteiger partial charge in [0.05, 0.1) is 23.3 Å². The number of para-hydroxylation sites is 1. The van der Waals surface area contributed by atoms with Gasteiger partial charge in [-0.3, -0.25) is 14.4 Å². The second-order valence-electron chi connectivity index (χ2n) is 6.91. The maximum atomic E-state index is 13.2. The highest BCUT2D eigenvalue weighted by Gasteiger charge is 2.59. The highest BCUT2D eigenvalue weighted by molar-refractivity contribution is 6.23. The molecule has 0 unspecified atom stereocenters. The predicted molar refractivity (Wildman–Crippen MR) is 99.5 cm³/mol. The quantitative estimate of drug-likeness (QED) is 0.755. The van der Waals surface area contributed by atoms with Crippen LogP contribution in [0.25, 0.3) is 0 Å². The van der Waals surface area contributed by atoms with Crippen LogP contribution in [-0.4, -0.2) is 24.0 Å². The van der Waals surface area contributed by atoms with Crippen molar-refractivity contribution in [3.05, 3.63) is 60.4 Å². The van der Waals surface area contributed by atoms with Crippen LogP contribution in [0.1, 0.15) is 26.2 Å². The van der Waals surface area contributed by atoms with Crippen molar-refractivity contribution >= 4 is 23.2 Å². The first kappa shape index (κ1) is 17.7. The third-order valence-corrected chi connectivity index (χ3v) is 5.19. The number of imide groups is 1. The number of nitrogens with zero attached hydrogens (tertiary/aromatic N) is 2. The number of benzene rings is 2. The molecule has 5 nitrogen and oxygen atoms in total. The molecule has 2 amide bonds. The van der Waals surface area contributed by atoms with Crippen LogP contribution < -0.4 is 9.96 Å². The van der Waals surface area contributed by atoms with Crippen LogP contribution in [0, 0.1) is 11.7 Å². The lowest BCUT2D eigenvalue weighted by Gasteiger charge is -2.28. The van der Waals surface area contributed by atoms with Gasteiger partial charge >= 0.3 is 0 Å². The van der Waals surface area contributed by atoms with Crippen LogP contribution in [0.15, 0.2) is 54.6 Å². The molecule has 0 aliphatic carbocycles. The highest BCUT2D eigenvalue weighted by atomic mass is 19.1. The van der Waals surface area contributed by atoms with Crippen molar-refractivity contribution in [2.24, 2.45) is 5.92 Å². The van der Waals surface area contributed by atoms with Crippen LogP contribution in [0.4, 0.5) is 15.8 Å². The standard InChI is InChI=1S/C21H21FN2O3/c1-2-3-9-17-18-19(27-24(17)16-7-5-4-6-8-16)21(26)23(20(18)25)15-12-10-14(22)11-13-15/h4-8,10-13,17-19H,2-3,9H2,1H3/t17-,18-,19-/m0/s1. The monoisotopic (exact) mass is 368 g/mol. The zero-order valence-corrected chi connectivity index (χ0v) is 15.0. The summed E-state index contributed by atoms with van der Waals surface area (Å²) < 4.78 is 13.2. The number of anilines is 2. The van der Waals surface area contributed by atoms with Gasteiger partial charge in [0, 0.05) is 0 Å². The topological polar surface area (TPSA) is 49.9 Å². The molecule has 2 aromatic carbocycles. The lowest BCUT2D eigenvalue weighted by atomic mass is 9.92. The summed E-state index contributed by atoms with van der Waals surface area (Å²) >= 11 is 0. The Morgan fingerprint density at radius 3 is 2.33 bits per heavy atom. The van der Waals surface area contributed by atoms with Gasteiger partial charge in [0.1, 0.15) is 5.82 Å². The molecule has 0 spiro atoms. The number of fused-ring (bicyclic) bond motifs is 1. The smallest absolute Gasteiger partial charge is 0.266 e. The molecule has 0 aromatic heterocycles. The number of hydroxylamine groups is 1. The van der Waals surface area contributed by atoms with Gasteiger partial charge in [-0.15, -0.1) is 0 Å². The SMILES string of the molecule is CCCC[C@H]1[C@@H]2C(=O)N(c3ccc(F)cc3)C(=O)[C@H]2ON1c1ccccc1. The highest BCUT2D eigenvalue weighted by Crippen LogP contribution is 2.41. The predicted octanol–water partition coefficient (Wildman–Crippen LogP) is 3.69. The van der Waals surface area contributed by atoms with Gasteiger partial charge in [-0.2, -0.15) is 0 Å². The van der Waals surface area contributed by atoms with E-state index in [0.717, 1.165) is 29.8 Å². The summed E-state index contributed by atoms with van der Waals surface area (Å²) in [4.78, 5) is 33.2. The number of amides is 2. The van der Waals surface area contributed by atoms with Crippen LogP contribution in [-0.2, 0) is 14.4 Å². The third kappa shape index (κ3) is 3.00. The molecule has 3 atom stereocenters. The second-order valence-corrected chi connectivity index (χ2v) is 6.91. The number of carbonyl (C=O) groups excluding carboxylic acids is 2. The largest absolute Gasteiger partial charge is 0.273 e. The Kier molecular flexibility index (Phi) is 4.66. The average Bonchev–Trinajstić information content (AvgIpc) is 3.18. The van der Waals surface area contributed by atoms with E-state index in [0.29, 0.717) is 5.69 Å². The Morgan fingerprint density at radius 1 is 0.963 bits per heavy atom. The number of hydrogen-bond donors (Lipinski definition) is 0. The fourth-order valence-electron chi connectivity index (χ4n) is 3.87. The minimum atomic E-state index is -0.843. The van der Waals surface area contributed by atoms with E-state index < -0.39 is 23.7 Å². The Balaban J connectivity index is 1.66. The summed E-state index contributed by atoms with van der Waals surface area (Å²) in [5.41, 5.74) is 1.21. The summed E-state index contributed by atoms with van der Waals surface area (Å²) in [7, 11) is 0. The van der Waals surface area contributed by atoms with Crippen molar-refractivity contribution in [3.8, 4) is 0 Å². The zero-order chi connectivity index (χ0) is 19.0. The minimum absolute atomic E-state index is 0.209. The van der Waals surface area contributed by atoms with Crippen molar-refractivity contribution in [3.63, 3.8) is 0 Å². The summed E-state index contributed by atoms with van der Waals surface area (Å²) in [5.74, 6) is -1.65. The van der Waals surface area contributed by atoms with Crippen molar-refractivity contribution in [1.82, 2.24) is 0 Å². The molecular weight excluding hydrogens is 347 g/mol. The molecule has 0 N–H and O–H groups in total. The molecule has 0 saturated carbocycles. The van der Waals surface area contributed by atoms with E-state index in [4.69, 9.17) is 4.84 Å². The van der Waals surface area contributed by atoms with Crippen molar-refractivity contribution < 1.29 is 18.8 Å². The lowest BCUT2D eigenvalue weighted by molar-refractivity contribution is -0.126. The van der Waals surface area contributed by atoms with Crippen molar-refractivity contribution in [2.45, 2.75) is 38.3 Å². The molecule has 6 heteroatoms. The van der Waals surface area contributed by atoms with E-state index in [1.807, 2.05) is 30.3 Å². The number of halogens is 1. The number of carbonyl (C=O) groups is 2. The minimum Gasteiger partial charge on any atom is -0.273 e. The molecule has 4 rings (SSSR count). The van der Waals surface area contributed by atoms with Crippen LogP contribution >= 0.6 is 0 Å². The molecule has 2 aliphatic heterocycles. The average molecular weight is 368 g/mol. The fourth-order valence-corrected chi connectivity index (χ4v) is 3.87. The Hall–Kier alpha value is -2.73. The molecular formula is C21H21FN2O3. The summed E-state index contributed by atoms with van der Waals surface area (Å²) in [6.07, 6.45) is 1.83. The van der Waals surface area contributed by atoms with Crippen LogP contribution in [0.3, 0.4) is 0 Å². The van der Waals surface area contributed by atoms with Crippen molar-refractivity contribution in [2.75, 3.05) is 9.96 Å². The van der Waals surface area contributed by atoms with Gasteiger partial charge in [0.2, 0.25) is 5.91 Å². The maximum absolute atomic E-state index is 13.2. The Morgan fingerprint density at radius 2 is 1.67 bits per heavy atom. The number of unbranched alkanes of at least 4 members (excludes halogenated alkanes) is 1. The van der Waals surface area contributed by atoms with Crippen LogP contribution in [0.2, 0.25) is 0 Å². The summed E-state index contributed by atoms with van der Waals surface area (Å²) in [5, 5.41) is 1.72. The maximum Gasteiger partial charge on any atom is 0.266 e. The van der Waals surface area contributed by atoms with Gasteiger partial charge in [0.15, 0.2) is 6.10 Å². The lowest BCUT2D eigenvalue weighted by Crippen LogP contribution is -2.40. The molecule has 0 bridgehead atoms. The van der Waals surface area contributed by atoms with Crippen molar-refractivity contribution in [1.29, 1.82) is 0 Å². The Labute approximate surface area is 157 Å². The molecule has 2 aromatic rings. The van der Waals surface area contributed by atoms with Gasteiger partial charge in [-0.05, 0) is 42.8 Å². The number of hydrogen-bond acceptors (Lipinski definition) is 4. The molecule has 2 saturated heterocycles.